The zero-order chi connectivity index (χ0) is 23.1. The van der Waals surface area contributed by atoms with E-state index in [1.165, 1.54) is 31.4 Å². The maximum atomic E-state index is 5.56. The Bertz CT molecular complexity index is 1280. The molecule has 3 aromatic heterocycles. The molecule has 1 aliphatic heterocycles. The van der Waals surface area contributed by atoms with Gasteiger partial charge >= 0.3 is 0 Å². The molecule has 1 saturated carbocycles. The Morgan fingerprint density at radius 3 is 2.35 bits per heavy atom. The van der Waals surface area contributed by atoms with E-state index in [0.29, 0.717) is 17.9 Å². The number of hydrogen-bond donors (Lipinski definition) is 0. The minimum atomic E-state index is 0.363. The number of pyridine rings is 1. The summed E-state index contributed by atoms with van der Waals surface area (Å²) in [7, 11) is 4.38. The lowest BCUT2D eigenvalue weighted by Crippen LogP contribution is -2.31. The Balaban J connectivity index is 1.31. The maximum absolute atomic E-state index is 5.56. The van der Waals surface area contributed by atoms with Crippen molar-refractivity contribution in [2.45, 2.75) is 56.4 Å². The number of aromatic nitrogens is 5. The first-order chi connectivity index (χ1) is 16.7. The van der Waals surface area contributed by atoms with E-state index < -0.39 is 0 Å². The van der Waals surface area contributed by atoms with Gasteiger partial charge in [0.15, 0.2) is 5.65 Å². The van der Waals surface area contributed by atoms with E-state index in [2.05, 4.69) is 68.9 Å². The molecule has 2 fully saturated rings. The molecule has 0 unspecified atom stereocenters. The number of ether oxygens (including phenoxy) is 1. The molecule has 1 aromatic carbocycles. The smallest absolute Gasteiger partial charge is 0.179 e. The van der Waals surface area contributed by atoms with Crippen LogP contribution in [0.2, 0.25) is 0 Å². The molecule has 7 heteroatoms. The molecular formula is C27H32N6O. The Hall–Kier alpha value is -2.90. The van der Waals surface area contributed by atoms with Gasteiger partial charge in [0, 0.05) is 48.5 Å². The van der Waals surface area contributed by atoms with Crippen LogP contribution in [0.25, 0.3) is 27.8 Å². The molecule has 0 spiro atoms. The zero-order valence-electron chi connectivity index (χ0n) is 20.0. The van der Waals surface area contributed by atoms with Crippen LogP contribution in [0.3, 0.4) is 0 Å². The third kappa shape index (κ3) is 3.97. The van der Waals surface area contributed by atoms with E-state index in [1.807, 2.05) is 12.4 Å². The van der Waals surface area contributed by atoms with Crippen LogP contribution in [-0.2, 0) is 4.74 Å². The second kappa shape index (κ2) is 9.04. The van der Waals surface area contributed by atoms with Gasteiger partial charge in [0.1, 0.15) is 5.82 Å². The molecule has 4 heterocycles. The molecule has 34 heavy (non-hydrogen) atoms. The molecule has 6 rings (SSSR count). The molecule has 1 saturated heterocycles. The van der Waals surface area contributed by atoms with Gasteiger partial charge in [0.05, 0.1) is 17.2 Å². The Kier molecular flexibility index (Phi) is 5.75. The van der Waals surface area contributed by atoms with Crippen LogP contribution in [-0.4, -0.2) is 62.8 Å². The lowest BCUT2D eigenvalue weighted by molar-refractivity contribution is 0.0834. The van der Waals surface area contributed by atoms with Gasteiger partial charge in [-0.1, -0.05) is 12.1 Å². The molecule has 1 aliphatic carbocycles. The molecular weight excluding hydrogens is 424 g/mol. The standard InChI is InChI=1S/C27H32N6O/c1-32(2)22-7-3-18(4-8-22)23-9-6-21(16-28-23)20-5-10-24-25(15-20)33-26(17-29-24)30-31-27(33)19-11-13-34-14-12-19/h5-6,9-10,15-19,22H,3-4,7-8,11-14H2,1-2H3. The fourth-order valence-corrected chi connectivity index (χ4v) is 5.68. The quantitative estimate of drug-likeness (QED) is 0.439. The minimum absolute atomic E-state index is 0.363. The summed E-state index contributed by atoms with van der Waals surface area (Å²) in [6.45, 7) is 1.56. The van der Waals surface area contributed by atoms with Gasteiger partial charge < -0.3 is 9.64 Å². The van der Waals surface area contributed by atoms with Gasteiger partial charge in [0.25, 0.3) is 0 Å². The van der Waals surface area contributed by atoms with Gasteiger partial charge in [-0.05, 0) is 76.4 Å². The number of fused-ring (bicyclic) bond motifs is 3. The maximum Gasteiger partial charge on any atom is 0.179 e. The molecule has 2 aliphatic rings. The first kappa shape index (κ1) is 21.6. The SMILES string of the molecule is CN(C)C1CCC(c2ccc(-c3ccc4ncc5nnc(C6CCOCC6)n5c4c3)cn2)CC1. The van der Waals surface area contributed by atoms with Crippen LogP contribution >= 0.6 is 0 Å². The minimum Gasteiger partial charge on any atom is -0.381 e. The van der Waals surface area contributed by atoms with Crippen molar-refractivity contribution in [2.75, 3.05) is 27.3 Å². The predicted molar refractivity (Wildman–Crippen MR) is 133 cm³/mol. The summed E-state index contributed by atoms with van der Waals surface area (Å²) in [4.78, 5) is 11.9. The molecule has 0 radical (unpaired) electrons. The zero-order valence-corrected chi connectivity index (χ0v) is 20.0. The number of nitrogens with zero attached hydrogens (tertiary/aromatic N) is 6. The van der Waals surface area contributed by atoms with Gasteiger partial charge in [-0.3, -0.25) is 14.4 Å². The van der Waals surface area contributed by atoms with E-state index in [-0.39, 0.29) is 0 Å². The summed E-state index contributed by atoms with van der Waals surface area (Å²) in [6.07, 6.45) is 10.8. The fourth-order valence-electron chi connectivity index (χ4n) is 5.68. The highest BCUT2D eigenvalue weighted by Gasteiger charge is 2.25. The van der Waals surface area contributed by atoms with Crippen molar-refractivity contribution in [3.05, 3.63) is 54.2 Å². The summed E-state index contributed by atoms with van der Waals surface area (Å²) < 4.78 is 7.75. The van der Waals surface area contributed by atoms with Gasteiger partial charge in [-0.15, -0.1) is 10.2 Å². The van der Waals surface area contributed by atoms with E-state index >= 15 is 0 Å². The number of benzene rings is 1. The summed E-state index contributed by atoms with van der Waals surface area (Å²) in [5, 5.41) is 8.97. The van der Waals surface area contributed by atoms with Crippen molar-refractivity contribution in [3.63, 3.8) is 0 Å². The van der Waals surface area contributed by atoms with Crippen molar-refractivity contribution in [1.29, 1.82) is 0 Å². The Morgan fingerprint density at radius 2 is 1.62 bits per heavy atom. The molecule has 0 amide bonds. The number of hydrogen-bond acceptors (Lipinski definition) is 6. The average molecular weight is 457 g/mol. The normalized spacial score (nSPS) is 22.1. The lowest BCUT2D eigenvalue weighted by Gasteiger charge is -2.32. The highest BCUT2D eigenvalue weighted by molar-refractivity contribution is 5.83. The Morgan fingerprint density at radius 1 is 0.824 bits per heavy atom. The molecule has 0 bridgehead atoms. The Labute approximate surface area is 200 Å². The molecule has 176 valence electrons. The summed E-state index contributed by atoms with van der Waals surface area (Å²) in [5.74, 6) is 1.95. The topological polar surface area (TPSA) is 68.4 Å². The van der Waals surface area contributed by atoms with E-state index in [0.717, 1.165) is 59.7 Å². The summed E-state index contributed by atoms with van der Waals surface area (Å²) in [6, 6.07) is 11.6. The summed E-state index contributed by atoms with van der Waals surface area (Å²) >= 11 is 0. The highest BCUT2D eigenvalue weighted by atomic mass is 16.5. The van der Waals surface area contributed by atoms with Crippen molar-refractivity contribution in [1.82, 2.24) is 29.5 Å². The molecule has 4 aromatic rings. The van der Waals surface area contributed by atoms with Crippen LogP contribution in [0.1, 0.15) is 61.9 Å². The van der Waals surface area contributed by atoms with Crippen LogP contribution in [0.15, 0.2) is 42.7 Å². The highest BCUT2D eigenvalue weighted by Crippen LogP contribution is 2.34. The third-order valence-corrected chi connectivity index (χ3v) is 7.80. The monoisotopic (exact) mass is 456 g/mol. The van der Waals surface area contributed by atoms with Crippen LogP contribution in [0.5, 0.6) is 0 Å². The average Bonchev–Trinajstić information content (AvgIpc) is 3.34. The van der Waals surface area contributed by atoms with Crippen LogP contribution < -0.4 is 0 Å². The van der Waals surface area contributed by atoms with Crippen LogP contribution in [0.4, 0.5) is 0 Å². The van der Waals surface area contributed by atoms with Crippen molar-refractivity contribution < 1.29 is 4.74 Å². The van der Waals surface area contributed by atoms with E-state index in [9.17, 15) is 0 Å². The van der Waals surface area contributed by atoms with E-state index in [4.69, 9.17) is 9.72 Å². The fraction of sp³-hybridized carbons (Fsp3) is 0.481. The van der Waals surface area contributed by atoms with Gasteiger partial charge in [-0.2, -0.15) is 0 Å². The van der Waals surface area contributed by atoms with Crippen LogP contribution in [0, 0.1) is 0 Å². The second-order valence-electron chi connectivity index (χ2n) is 10.0. The first-order valence-corrected chi connectivity index (χ1v) is 12.5. The summed E-state index contributed by atoms with van der Waals surface area (Å²) in [5.41, 5.74) is 6.30. The third-order valence-electron chi connectivity index (χ3n) is 7.80. The largest absolute Gasteiger partial charge is 0.381 e. The van der Waals surface area contributed by atoms with Crippen molar-refractivity contribution in [3.8, 4) is 11.1 Å². The lowest BCUT2D eigenvalue weighted by atomic mass is 9.83. The predicted octanol–water partition coefficient (Wildman–Crippen LogP) is 4.82. The second-order valence-corrected chi connectivity index (χ2v) is 10.0. The van der Waals surface area contributed by atoms with E-state index in [1.54, 1.807) is 0 Å². The van der Waals surface area contributed by atoms with Gasteiger partial charge in [-0.25, -0.2) is 0 Å². The molecule has 0 atom stereocenters. The van der Waals surface area contributed by atoms with Crippen molar-refractivity contribution in [2.24, 2.45) is 0 Å². The number of rotatable bonds is 4. The molecule has 0 N–H and O–H groups in total. The van der Waals surface area contributed by atoms with Gasteiger partial charge in [0.2, 0.25) is 0 Å². The molecule has 7 nitrogen and oxygen atoms in total. The first-order valence-electron chi connectivity index (χ1n) is 12.5. The van der Waals surface area contributed by atoms with Crippen molar-refractivity contribution >= 4 is 16.7 Å².